The molecule has 0 spiro atoms. The summed E-state index contributed by atoms with van der Waals surface area (Å²) in [7, 11) is 0. The Bertz CT molecular complexity index is 480. The largest absolute Gasteiger partial charge is 0.399 e. The molecule has 1 heterocycles. The first-order chi connectivity index (χ1) is 8.07. The maximum atomic E-state index is 12.0. The van der Waals surface area contributed by atoms with Crippen LogP contribution in [0.3, 0.4) is 0 Å². The van der Waals surface area contributed by atoms with Gasteiger partial charge in [-0.2, -0.15) is 0 Å². The van der Waals surface area contributed by atoms with E-state index in [-0.39, 0.29) is 11.4 Å². The zero-order chi connectivity index (χ0) is 12.0. The van der Waals surface area contributed by atoms with Gasteiger partial charge in [-0.25, -0.2) is 0 Å². The number of nitrogen functional groups attached to an aromatic ring is 1. The second-order valence-electron chi connectivity index (χ2n) is 5.23. The predicted octanol–water partition coefficient (Wildman–Crippen LogP) is 1.04. The van der Waals surface area contributed by atoms with E-state index in [2.05, 4.69) is 0 Å². The summed E-state index contributed by atoms with van der Waals surface area (Å²) in [4.78, 5) is 13.8. The first-order valence-electron chi connectivity index (χ1n) is 6.05. The molecule has 3 rings (SSSR count). The van der Waals surface area contributed by atoms with Crippen molar-refractivity contribution in [3.05, 3.63) is 23.8 Å². The van der Waals surface area contributed by atoms with Crippen LogP contribution in [0.5, 0.6) is 0 Å². The molecule has 0 bridgehead atoms. The molecule has 0 unspecified atom stereocenters. The van der Waals surface area contributed by atoms with Crippen molar-refractivity contribution >= 4 is 17.3 Å². The number of fused-ring (bicyclic) bond motifs is 1. The van der Waals surface area contributed by atoms with Crippen LogP contribution < -0.4 is 16.4 Å². The molecule has 1 aromatic rings. The molecular weight excluding hydrogens is 214 g/mol. The summed E-state index contributed by atoms with van der Waals surface area (Å²) in [6.07, 6.45) is 3.38. The first kappa shape index (κ1) is 10.6. The van der Waals surface area contributed by atoms with E-state index in [9.17, 15) is 4.79 Å². The normalized spacial score (nSPS) is 21.2. The number of hydrogen-bond donors (Lipinski definition) is 2. The first-order valence-corrected chi connectivity index (χ1v) is 6.05. The monoisotopic (exact) mass is 231 g/mol. The van der Waals surface area contributed by atoms with Crippen molar-refractivity contribution in [1.29, 1.82) is 0 Å². The third-order valence-electron chi connectivity index (χ3n) is 3.67. The molecule has 0 saturated heterocycles. The molecule has 4 nitrogen and oxygen atoms in total. The van der Waals surface area contributed by atoms with Gasteiger partial charge in [0.15, 0.2) is 0 Å². The quantitative estimate of drug-likeness (QED) is 0.747. The molecule has 1 fully saturated rings. The Morgan fingerprint density at radius 2 is 2.06 bits per heavy atom. The average Bonchev–Trinajstić information content (AvgIpc) is 3.01. The molecule has 4 heteroatoms. The van der Waals surface area contributed by atoms with Gasteiger partial charge >= 0.3 is 0 Å². The summed E-state index contributed by atoms with van der Waals surface area (Å²) in [6, 6.07) is 5.75. The molecule has 4 N–H and O–H groups in total. The molecular formula is C13H17N3O. The Morgan fingerprint density at radius 1 is 1.29 bits per heavy atom. The highest BCUT2D eigenvalue weighted by atomic mass is 16.2. The number of benzene rings is 1. The van der Waals surface area contributed by atoms with Crippen LogP contribution in [0.15, 0.2) is 18.2 Å². The van der Waals surface area contributed by atoms with E-state index in [1.807, 2.05) is 23.1 Å². The van der Waals surface area contributed by atoms with Gasteiger partial charge in [-0.3, -0.25) is 4.79 Å². The van der Waals surface area contributed by atoms with E-state index in [0.717, 1.165) is 36.2 Å². The second-order valence-corrected chi connectivity index (χ2v) is 5.23. The van der Waals surface area contributed by atoms with E-state index in [1.54, 1.807) is 0 Å². The molecule has 0 atom stereocenters. The molecule has 1 aromatic carbocycles. The maximum absolute atomic E-state index is 12.0. The fraction of sp³-hybridized carbons (Fsp3) is 0.462. The van der Waals surface area contributed by atoms with E-state index < -0.39 is 0 Å². The lowest BCUT2D eigenvalue weighted by Crippen LogP contribution is -2.45. The minimum atomic E-state index is -0.147. The summed E-state index contributed by atoms with van der Waals surface area (Å²) in [6.45, 7) is 0.642. The SMILES string of the molecule is Nc1ccc2c(c1)CCC(=O)N2CC1(N)CC1. The van der Waals surface area contributed by atoms with Crippen LogP contribution in [0.4, 0.5) is 11.4 Å². The standard InChI is InChI=1S/C13H17N3O/c14-10-2-3-11-9(7-10)1-4-12(17)16(11)8-13(15)5-6-13/h2-3,7H,1,4-6,8,14-15H2. The number of carbonyl (C=O) groups excluding carboxylic acids is 1. The lowest BCUT2D eigenvalue weighted by molar-refractivity contribution is -0.119. The van der Waals surface area contributed by atoms with Crippen LogP contribution in [0, 0.1) is 0 Å². The number of nitrogens with zero attached hydrogens (tertiary/aromatic N) is 1. The number of carbonyl (C=O) groups is 1. The number of aryl methyl sites for hydroxylation is 1. The minimum Gasteiger partial charge on any atom is -0.399 e. The van der Waals surface area contributed by atoms with Crippen molar-refractivity contribution in [3.8, 4) is 0 Å². The Balaban J connectivity index is 1.95. The number of amides is 1. The van der Waals surface area contributed by atoms with Gasteiger partial charge < -0.3 is 16.4 Å². The molecule has 1 amide bonds. The third kappa shape index (κ3) is 1.89. The summed E-state index contributed by atoms with van der Waals surface area (Å²) in [5, 5.41) is 0. The summed E-state index contributed by atoms with van der Waals surface area (Å²) in [5.74, 6) is 0.180. The van der Waals surface area contributed by atoms with E-state index >= 15 is 0 Å². The molecule has 1 saturated carbocycles. The molecule has 0 radical (unpaired) electrons. The van der Waals surface area contributed by atoms with E-state index in [1.165, 1.54) is 0 Å². The lowest BCUT2D eigenvalue weighted by atomic mass is 9.99. The Hall–Kier alpha value is -1.55. The van der Waals surface area contributed by atoms with Gasteiger partial charge in [-0.1, -0.05) is 0 Å². The molecule has 1 aliphatic carbocycles. The fourth-order valence-corrected chi connectivity index (χ4v) is 2.39. The summed E-state index contributed by atoms with van der Waals surface area (Å²) >= 11 is 0. The zero-order valence-electron chi connectivity index (χ0n) is 9.78. The van der Waals surface area contributed by atoms with Gasteiger partial charge in [-0.05, 0) is 43.0 Å². The van der Waals surface area contributed by atoms with Crippen LogP contribution in [-0.4, -0.2) is 18.0 Å². The van der Waals surface area contributed by atoms with Gasteiger partial charge in [-0.15, -0.1) is 0 Å². The highest BCUT2D eigenvalue weighted by Gasteiger charge is 2.42. The molecule has 1 aliphatic heterocycles. The van der Waals surface area contributed by atoms with Crippen molar-refractivity contribution in [3.63, 3.8) is 0 Å². The minimum absolute atomic E-state index is 0.147. The van der Waals surface area contributed by atoms with Crippen molar-refractivity contribution < 1.29 is 4.79 Å². The fourth-order valence-electron chi connectivity index (χ4n) is 2.39. The maximum Gasteiger partial charge on any atom is 0.227 e. The van der Waals surface area contributed by atoms with Crippen LogP contribution in [0.2, 0.25) is 0 Å². The van der Waals surface area contributed by atoms with Crippen LogP contribution in [0.1, 0.15) is 24.8 Å². The molecule has 0 aromatic heterocycles. The van der Waals surface area contributed by atoms with Crippen LogP contribution in [0.25, 0.3) is 0 Å². The highest BCUT2D eigenvalue weighted by Crippen LogP contribution is 2.37. The summed E-state index contributed by atoms with van der Waals surface area (Å²) in [5.41, 5.74) is 14.6. The number of nitrogens with two attached hydrogens (primary N) is 2. The smallest absolute Gasteiger partial charge is 0.227 e. The van der Waals surface area contributed by atoms with Gasteiger partial charge in [0.2, 0.25) is 5.91 Å². The van der Waals surface area contributed by atoms with Crippen LogP contribution in [-0.2, 0) is 11.2 Å². The topological polar surface area (TPSA) is 72.4 Å². The van der Waals surface area contributed by atoms with Gasteiger partial charge in [0.05, 0.1) is 0 Å². The number of rotatable bonds is 2. The Morgan fingerprint density at radius 3 is 2.76 bits per heavy atom. The van der Waals surface area contributed by atoms with Gasteiger partial charge in [0, 0.05) is 29.9 Å². The zero-order valence-corrected chi connectivity index (χ0v) is 9.78. The summed E-state index contributed by atoms with van der Waals surface area (Å²) < 4.78 is 0. The predicted molar refractivity (Wildman–Crippen MR) is 67.7 cm³/mol. The lowest BCUT2D eigenvalue weighted by Gasteiger charge is -2.31. The van der Waals surface area contributed by atoms with Crippen molar-refractivity contribution in [2.75, 3.05) is 17.2 Å². The Kier molecular flexibility index (Phi) is 2.16. The molecule has 2 aliphatic rings. The van der Waals surface area contributed by atoms with Crippen molar-refractivity contribution in [1.82, 2.24) is 0 Å². The van der Waals surface area contributed by atoms with E-state index in [4.69, 9.17) is 11.5 Å². The second kappa shape index (κ2) is 3.47. The third-order valence-corrected chi connectivity index (χ3v) is 3.67. The van der Waals surface area contributed by atoms with Gasteiger partial charge in [0.1, 0.15) is 0 Å². The van der Waals surface area contributed by atoms with Crippen molar-refractivity contribution in [2.24, 2.45) is 5.73 Å². The van der Waals surface area contributed by atoms with Crippen molar-refractivity contribution in [2.45, 2.75) is 31.2 Å². The average molecular weight is 231 g/mol. The molecule has 17 heavy (non-hydrogen) atoms. The Labute approximate surface area is 101 Å². The molecule has 90 valence electrons. The van der Waals surface area contributed by atoms with Gasteiger partial charge in [0.25, 0.3) is 0 Å². The highest BCUT2D eigenvalue weighted by molar-refractivity contribution is 5.97. The van der Waals surface area contributed by atoms with Crippen LogP contribution >= 0.6 is 0 Å². The number of hydrogen-bond acceptors (Lipinski definition) is 3. The number of anilines is 2. The van der Waals surface area contributed by atoms with E-state index in [0.29, 0.717) is 13.0 Å².